The molecule has 1 amide bonds. The van der Waals surface area contributed by atoms with Crippen molar-refractivity contribution in [1.82, 2.24) is 5.32 Å². The van der Waals surface area contributed by atoms with Gasteiger partial charge in [-0.25, -0.2) is 0 Å². The lowest BCUT2D eigenvalue weighted by Crippen LogP contribution is -2.45. The summed E-state index contributed by atoms with van der Waals surface area (Å²) in [5.41, 5.74) is 0. The second-order valence-electron chi connectivity index (χ2n) is 25.5. The molecule has 3 unspecified atom stereocenters. The second kappa shape index (κ2) is 68.7. The number of likely N-dealkylation sites (N-methyl/N-ethyl adjacent to an activating group) is 1. The number of carbonyl (C=O) groups excluding carboxylic acids is 1. The molecule has 0 aromatic rings. The maximum Gasteiger partial charge on any atom is 0.268 e. The van der Waals surface area contributed by atoms with Crippen molar-refractivity contribution in [2.24, 2.45) is 0 Å². The van der Waals surface area contributed by atoms with Gasteiger partial charge in [0.2, 0.25) is 5.91 Å². The van der Waals surface area contributed by atoms with Gasteiger partial charge in [-0.3, -0.25) is 9.36 Å². The van der Waals surface area contributed by atoms with Crippen LogP contribution in [0.15, 0.2) is 146 Å². The van der Waals surface area contributed by atoms with Crippen LogP contribution in [0, 0.1) is 0 Å². The van der Waals surface area contributed by atoms with Gasteiger partial charge in [0.15, 0.2) is 0 Å². The quantitative estimate of drug-likeness (QED) is 0.0272. The van der Waals surface area contributed by atoms with E-state index in [0.29, 0.717) is 17.4 Å². The van der Waals surface area contributed by atoms with Crippen molar-refractivity contribution in [2.45, 2.75) is 315 Å². The Bertz CT molecular complexity index is 1960. The Kier molecular flexibility index (Phi) is 65.9. The first-order chi connectivity index (χ1) is 43.5. The van der Waals surface area contributed by atoms with E-state index in [1.807, 2.05) is 27.2 Å². The third-order valence-corrected chi connectivity index (χ3v) is 16.7. The average Bonchev–Trinajstić information content (AvgIpc) is 3.57. The summed E-state index contributed by atoms with van der Waals surface area (Å²) >= 11 is 0. The van der Waals surface area contributed by atoms with E-state index in [1.165, 1.54) is 167 Å². The fourth-order valence-corrected chi connectivity index (χ4v) is 10.8. The minimum Gasteiger partial charge on any atom is -0.756 e. The highest BCUT2D eigenvalue weighted by atomic mass is 31.2. The topological polar surface area (TPSA) is 108 Å². The van der Waals surface area contributed by atoms with Crippen LogP contribution in [0.2, 0.25) is 0 Å². The van der Waals surface area contributed by atoms with E-state index in [1.54, 1.807) is 6.08 Å². The van der Waals surface area contributed by atoms with Gasteiger partial charge < -0.3 is 28.8 Å². The lowest BCUT2D eigenvalue weighted by atomic mass is 10.0. The molecule has 3 atom stereocenters. The summed E-state index contributed by atoms with van der Waals surface area (Å²) in [5, 5.41) is 13.9. The Morgan fingerprint density at radius 2 is 0.697 bits per heavy atom. The van der Waals surface area contributed by atoms with Gasteiger partial charge in [0.25, 0.3) is 7.82 Å². The normalized spacial score (nSPS) is 14.5. The molecule has 0 fully saturated rings. The number of rotatable bonds is 66. The molecule has 89 heavy (non-hydrogen) atoms. The largest absolute Gasteiger partial charge is 0.756 e. The van der Waals surface area contributed by atoms with Gasteiger partial charge in [-0.05, 0) is 116 Å². The number of carbonyl (C=O) groups is 1. The van der Waals surface area contributed by atoms with E-state index >= 15 is 0 Å². The fourth-order valence-electron chi connectivity index (χ4n) is 10.1. The standard InChI is InChI=1S/C80H139N2O6P/c1-6-8-10-12-14-16-18-20-22-24-26-28-30-32-34-36-38-39-40-41-42-43-44-46-48-50-52-54-56-58-60-62-64-66-68-70-72-74-80(84)81-78(77-88-89(85,86)87-76-75-82(3,4)5)79(83)73-71-69-67-65-63-61-59-57-55-53-51-49-47-45-37-35-33-31-29-27-25-23-21-19-17-15-13-11-9-7-2/h8,10,14,16,20,22,26,28,32,34,38-39,41-42,44,46,50,52,55,57,63,65,71,73,78-79,83H,6-7,9,11-13,15,17-19,21,23-25,27,29-31,33,35-37,40,43,45,47-49,51,53-54,56,58-62,64,66-70,72,74-77H2,1-5H3,(H-,81,84,85,86)/b10-8-,16-14-,22-20-,28-26-,34-32-,39-38-,42-41-,46-44-,52-50-,57-55+,65-63+,73-71+. The Morgan fingerprint density at radius 1 is 0.404 bits per heavy atom. The summed E-state index contributed by atoms with van der Waals surface area (Å²) in [6.45, 7) is 4.51. The molecule has 0 aliphatic rings. The van der Waals surface area contributed by atoms with Gasteiger partial charge in [0, 0.05) is 6.42 Å². The molecule has 2 N–H and O–H groups in total. The zero-order chi connectivity index (χ0) is 64.8. The van der Waals surface area contributed by atoms with Crippen molar-refractivity contribution in [3.05, 3.63) is 146 Å². The SMILES string of the molecule is CC/C=C\C/C=C\C/C=C\C/C=C\C/C=C\C/C=C\C/C=C\C/C=C\C/C=C\CCCCCCCCCCCC(=O)NC(COP(=O)([O-])OCC[N+](C)(C)C)C(O)/C=C/CC/C=C/CC/C=C/CCCCCCCCCCCCCCCCCCCCCC. The van der Waals surface area contributed by atoms with Crippen LogP contribution < -0.4 is 10.2 Å². The Morgan fingerprint density at radius 3 is 1.04 bits per heavy atom. The Hall–Kier alpha value is -3.62. The second-order valence-corrected chi connectivity index (χ2v) is 27.0. The highest BCUT2D eigenvalue weighted by Gasteiger charge is 2.23. The molecule has 0 radical (unpaired) electrons. The third-order valence-electron chi connectivity index (χ3n) is 15.8. The molecule has 0 aliphatic heterocycles. The molecule has 0 heterocycles. The van der Waals surface area contributed by atoms with Crippen molar-refractivity contribution in [3.8, 4) is 0 Å². The Balaban J connectivity index is 4.18. The van der Waals surface area contributed by atoms with E-state index in [2.05, 4.69) is 153 Å². The van der Waals surface area contributed by atoms with Crippen LogP contribution in [0.25, 0.3) is 0 Å². The predicted octanol–water partition coefficient (Wildman–Crippen LogP) is 23.3. The van der Waals surface area contributed by atoms with Crippen LogP contribution >= 0.6 is 7.82 Å². The summed E-state index contributed by atoms with van der Waals surface area (Å²) < 4.78 is 23.4. The molecule has 9 heteroatoms. The third kappa shape index (κ3) is 71.7. The summed E-state index contributed by atoms with van der Waals surface area (Å²) in [5.74, 6) is -0.221. The number of allylic oxidation sites excluding steroid dienone is 23. The maximum absolute atomic E-state index is 13.0. The van der Waals surface area contributed by atoms with Crippen molar-refractivity contribution in [2.75, 3.05) is 40.9 Å². The predicted molar refractivity (Wildman–Crippen MR) is 389 cm³/mol. The van der Waals surface area contributed by atoms with Gasteiger partial charge >= 0.3 is 0 Å². The number of phosphoric acid groups is 1. The number of quaternary nitrogens is 1. The van der Waals surface area contributed by atoms with E-state index < -0.39 is 26.6 Å². The molecule has 0 saturated heterocycles. The molecule has 0 aliphatic carbocycles. The number of aliphatic hydroxyl groups excluding tert-OH is 1. The zero-order valence-electron chi connectivity index (χ0n) is 58.3. The molecule has 0 bridgehead atoms. The first-order valence-electron chi connectivity index (χ1n) is 36.7. The van der Waals surface area contributed by atoms with Crippen molar-refractivity contribution in [1.29, 1.82) is 0 Å². The van der Waals surface area contributed by atoms with Gasteiger partial charge in [-0.1, -0.05) is 327 Å². The van der Waals surface area contributed by atoms with E-state index in [9.17, 15) is 19.4 Å². The Labute approximate surface area is 550 Å². The first kappa shape index (κ1) is 85.4. The highest BCUT2D eigenvalue weighted by molar-refractivity contribution is 7.45. The molecule has 0 rings (SSSR count). The summed E-state index contributed by atoms with van der Waals surface area (Å²) in [4.78, 5) is 25.7. The van der Waals surface area contributed by atoms with Gasteiger partial charge in [-0.15, -0.1) is 0 Å². The fraction of sp³-hybridized carbons (Fsp3) is 0.688. The van der Waals surface area contributed by atoms with E-state index in [0.717, 1.165) is 116 Å². The van der Waals surface area contributed by atoms with Gasteiger partial charge in [0.05, 0.1) is 39.9 Å². The van der Waals surface area contributed by atoms with Crippen LogP contribution in [-0.2, 0) is 18.4 Å². The smallest absolute Gasteiger partial charge is 0.268 e. The lowest BCUT2D eigenvalue weighted by Gasteiger charge is -2.29. The van der Waals surface area contributed by atoms with Crippen molar-refractivity contribution < 1.29 is 32.9 Å². The number of amides is 1. The molecule has 0 spiro atoms. The zero-order valence-corrected chi connectivity index (χ0v) is 59.2. The monoisotopic (exact) mass is 1260 g/mol. The molecular formula is C80H139N2O6P. The summed E-state index contributed by atoms with van der Waals surface area (Å²) in [6.07, 6.45) is 106. The number of aliphatic hydroxyl groups is 1. The minimum atomic E-state index is -4.63. The van der Waals surface area contributed by atoms with Gasteiger partial charge in [0.1, 0.15) is 13.2 Å². The van der Waals surface area contributed by atoms with Crippen LogP contribution in [0.4, 0.5) is 0 Å². The molecule has 510 valence electrons. The number of hydrogen-bond acceptors (Lipinski definition) is 6. The molecule has 8 nitrogen and oxygen atoms in total. The molecule has 0 saturated carbocycles. The number of unbranched alkanes of at least 4 members (excludes halogenated alkanes) is 31. The highest BCUT2D eigenvalue weighted by Crippen LogP contribution is 2.38. The number of nitrogens with zero attached hydrogens (tertiary/aromatic N) is 1. The van der Waals surface area contributed by atoms with Crippen LogP contribution in [0.3, 0.4) is 0 Å². The summed E-state index contributed by atoms with van der Waals surface area (Å²) in [6, 6.07) is -0.926. The van der Waals surface area contributed by atoms with E-state index in [4.69, 9.17) is 9.05 Å². The van der Waals surface area contributed by atoms with E-state index in [-0.39, 0.29) is 12.5 Å². The minimum absolute atomic E-state index is 0.0172. The summed E-state index contributed by atoms with van der Waals surface area (Å²) in [7, 11) is 1.22. The van der Waals surface area contributed by atoms with Crippen LogP contribution in [0.5, 0.6) is 0 Å². The van der Waals surface area contributed by atoms with Gasteiger partial charge in [-0.2, -0.15) is 0 Å². The number of nitrogens with one attached hydrogen (secondary N) is 1. The van der Waals surface area contributed by atoms with Crippen LogP contribution in [-0.4, -0.2) is 68.5 Å². The first-order valence-corrected chi connectivity index (χ1v) is 38.2. The van der Waals surface area contributed by atoms with Crippen molar-refractivity contribution in [3.63, 3.8) is 0 Å². The molecule has 0 aromatic carbocycles. The lowest BCUT2D eigenvalue weighted by molar-refractivity contribution is -0.870. The van der Waals surface area contributed by atoms with Crippen LogP contribution in [0.1, 0.15) is 303 Å². The number of hydrogen-bond donors (Lipinski definition) is 2. The number of phosphoric ester groups is 1. The maximum atomic E-state index is 13.0. The molecule has 0 aromatic heterocycles. The average molecular weight is 1260 g/mol. The molecular weight excluding hydrogens is 1120 g/mol. The van der Waals surface area contributed by atoms with Crippen molar-refractivity contribution >= 4 is 13.7 Å².